The van der Waals surface area contributed by atoms with E-state index in [0.29, 0.717) is 18.0 Å². The van der Waals surface area contributed by atoms with Gasteiger partial charge in [0.2, 0.25) is 11.6 Å². The summed E-state index contributed by atoms with van der Waals surface area (Å²) in [6.07, 6.45) is 5.16. The molecule has 0 aliphatic carbocycles. The van der Waals surface area contributed by atoms with Crippen molar-refractivity contribution in [1.29, 1.82) is 0 Å². The maximum absolute atomic E-state index is 12.2. The Morgan fingerprint density at radius 1 is 1.35 bits per heavy atom. The third-order valence-corrected chi connectivity index (χ3v) is 3.74. The van der Waals surface area contributed by atoms with Crippen molar-refractivity contribution in [3.63, 3.8) is 0 Å². The third-order valence-electron chi connectivity index (χ3n) is 3.74. The van der Waals surface area contributed by atoms with Crippen LogP contribution in [0.5, 0.6) is 5.75 Å². The van der Waals surface area contributed by atoms with Crippen LogP contribution in [0.2, 0.25) is 0 Å². The predicted molar refractivity (Wildman–Crippen MR) is 81.8 cm³/mol. The van der Waals surface area contributed by atoms with Gasteiger partial charge in [-0.25, -0.2) is 4.98 Å². The number of ether oxygens (including phenoxy) is 2. The molecule has 0 spiro atoms. The van der Waals surface area contributed by atoms with Gasteiger partial charge in [0.25, 0.3) is 0 Å². The van der Waals surface area contributed by atoms with E-state index in [1.54, 1.807) is 54.7 Å². The number of imidazole rings is 1. The molecule has 7 heteroatoms. The topological polar surface area (TPSA) is 73.7 Å². The van der Waals surface area contributed by atoms with Gasteiger partial charge in [-0.05, 0) is 24.3 Å². The number of benzene rings is 1. The molecule has 0 saturated carbocycles. The second-order valence-corrected chi connectivity index (χ2v) is 5.38. The van der Waals surface area contributed by atoms with Gasteiger partial charge < -0.3 is 14.0 Å². The molecule has 0 N–H and O–H groups in total. The number of anilines is 1. The Balaban J connectivity index is 1.93. The number of rotatable bonds is 5. The van der Waals surface area contributed by atoms with Crippen LogP contribution in [0.3, 0.4) is 0 Å². The first kappa shape index (κ1) is 15.1. The Labute approximate surface area is 133 Å². The van der Waals surface area contributed by atoms with Crippen molar-refractivity contribution >= 4 is 17.6 Å². The summed E-state index contributed by atoms with van der Waals surface area (Å²) in [6, 6.07) is 7.05. The number of amides is 1. The van der Waals surface area contributed by atoms with Crippen LogP contribution >= 0.6 is 0 Å². The van der Waals surface area contributed by atoms with E-state index in [0.717, 1.165) is 0 Å². The molecule has 2 heterocycles. The summed E-state index contributed by atoms with van der Waals surface area (Å²) in [5.41, 5.74) is -0.374. The Kier molecular flexibility index (Phi) is 3.77. The number of esters is 1. The molecule has 1 aromatic carbocycles. The number of methoxy groups -OCH3 is 1. The maximum atomic E-state index is 12.2. The summed E-state index contributed by atoms with van der Waals surface area (Å²) in [5, 5.41) is 0. The SMILES string of the molecule is COc1ccc(N2C(=O)C[C@]2(Cn2ccnc2)OC(C)=O)cc1. The van der Waals surface area contributed by atoms with E-state index in [2.05, 4.69) is 4.98 Å². The molecule has 1 aromatic heterocycles. The monoisotopic (exact) mass is 315 g/mol. The van der Waals surface area contributed by atoms with Crippen LogP contribution in [0.4, 0.5) is 5.69 Å². The van der Waals surface area contributed by atoms with Gasteiger partial charge in [-0.3, -0.25) is 14.5 Å². The molecule has 0 radical (unpaired) electrons. The molecule has 0 unspecified atom stereocenters. The summed E-state index contributed by atoms with van der Waals surface area (Å²) in [6.45, 7) is 1.66. The van der Waals surface area contributed by atoms with Crippen molar-refractivity contribution in [2.75, 3.05) is 12.0 Å². The summed E-state index contributed by atoms with van der Waals surface area (Å²) in [4.78, 5) is 29.2. The van der Waals surface area contributed by atoms with Crippen molar-refractivity contribution in [1.82, 2.24) is 9.55 Å². The van der Waals surface area contributed by atoms with E-state index in [4.69, 9.17) is 9.47 Å². The minimum absolute atomic E-state index is 0.100. The van der Waals surface area contributed by atoms with Crippen molar-refractivity contribution in [2.45, 2.75) is 25.6 Å². The molecule has 1 aliphatic heterocycles. The first-order valence-corrected chi connectivity index (χ1v) is 7.16. The van der Waals surface area contributed by atoms with Crippen LogP contribution in [0.25, 0.3) is 0 Å². The largest absolute Gasteiger partial charge is 0.497 e. The molecule has 1 atom stereocenters. The van der Waals surface area contributed by atoms with Crippen molar-refractivity contribution < 1.29 is 19.1 Å². The second kappa shape index (κ2) is 5.75. The molecular formula is C16H17N3O4. The quantitative estimate of drug-likeness (QED) is 0.619. The van der Waals surface area contributed by atoms with E-state index in [1.807, 2.05) is 0 Å². The van der Waals surface area contributed by atoms with Gasteiger partial charge in [-0.15, -0.1) is 0 Å². The van der Waals surface area contributed by atoms with Crippen molar-refractivity contribution in [3.05, 3.63) is 43.0 Å². The Morgan fingerprint density at radius 3 is 2.61 bits per heavy atom. The highest BCUT2D eigenvalue weighted by Crippen LogP contribution is 2.40. The summed E-state index contributed by atoms with van der Waals surface area (Å²) < 4.78 is 12.4. The minimum atomic E-state index is -1.03. The normalized spacial score (nSPS) is 20.1. The number of hydrogen-bond donors (Lipinski definition) is 0. The number of aromatic nitrogens is 2. The predicted octanol–water partition coefficient (Wildman–Crippen LogP) is 1.59. The standard InChI is InChI=1S/C16H17N3O4/c1-12(20)23-16(10-18-8-7-17-11-18)9-15(21)19(16)13-3-5-14(22-2)6-4-13/h3-8,11H,9-10H2,1-2H3/t16-/m1/s1. The molecule has 7 nitrogen and oxygen atoms in total. The zero-order valence-corrected chi connectivity index (χ0v) is 12.9. The molecule has 120 valence electrons. The van der Waals surface area contributed by atoms with Crippen LogP contribution in [-0.4, -0.2) is 34.3 Å². The van der Waals surface area contributed by atoms with E-state index in [9.17, 15) is 9.59 Å². The summed E-state index contributed by atoms with van der Waals surface area (Å²) >= 11 is 0. The van der Waals surface area contributed by atoms with Crippen LogP contribution in [0, 0.1) is 0 Å². The lowest BCUT2D eigenvalue weighted by molar-refractivity contribution is -0.172. The smallest absolute Gasteiger partial charge is 0.304 e. The van der Waals surface area contributed by atoms with Crippen LogP contribution in [0.1, 0.15) is 13.3 Å². The van der Waals surface area contributed by atoms with Crippen molar-refractivity contribution in [3.8, 4) is 5.75 Å². The molecule has 2 aromatic rings. The lowest BCUT2D eigenvalue weighted by Crippen LogP contribution is -2.68. The van der Waals surface area contributed by atoms with E-state index >= 15 is 0 Å². The molecule has 1 amide bonds. The fraction of sp³-hybridized carbons (Fsp3) is 0.312. The van der Waals surface area contributed by atoms with E-state index < -0.39 is 11.7 Å². The summed E-state index contributed by atoms with van der Waals surface area (Å²) in [7, 11) is 1.58. The molecular weight excluding hydrogens is 298 g/mol. The van der Waals surface area contributed by atoms with Crippen LogP contribution in [-0.2, 0) is 20.9 Å². The molecule has 1 aliphatic rings. The van der Waals surface area contributed by atoms with E-state index in [1.165, 1.54) is 11.8 Å². The molecule has 1 saturated heterocycles. The number of hydrogen-bond acceptors (Lipinski definition) is 5. The zero-order chi connectivity index (χ0) is 16.4. The third kappa shape index (κ3) is 2.77. The zero-order valence-electron chi connectivity index (χ0n) is 12.9. The first-order valence-electron chi connectivity index (χ1n) is 7.16. The van der Waals surface area contributed by atoms with Crippen LogP contribution in [0.15, 0.2) is 43.0 Å². The number of nitrogens with zero attached hydrogens (tertiary/aromatic N) is 3. The molecule has 3 rings (SSSR count). The van der Waals surface area contributed by atoms with Gasteiger partial charge in [0.1, 0.15) is 5.75 Å². The first-order chi connectivity index (χ1) is 11.0. The van der Waals surface area contributed by atoms with Gasteiger partial charge in [-0.2, -0.15) is 0 Å². The summed E-state index contributed by atoms with van der Waals surface area (Å²) in [5.74, 6) is 0.155. The second-order valence-electron chi connectivity index (χ2n) is 5.38. The average Bonchev–Trinajstić information content (AvgIpc) is 2.99. The highest BCUT2D eigenvalue weighted by atomic mass is 16.6. The Bertz CT molecular complexity index is 711. The highest BCUT2D eigenvalue weighted by Gasteiger charge is 2.55. The van der Waals surface area contributed by atoms with Gasteiger partial charge >= 0.3 is 5.97 Å². The molecule has 1 fully saturated rings. The van der Waals surface area contributed by atoms with Gasteiger partial charge in [-0.1, -0.05) is 0 Å². The molecule has 23 heavy (non-hydrogen) atoms. The van der Waals surface area contributed by atoms with Gasteiger partial charge in [0.15, 0.2) is 0 Å². The van der Waals surface area contributed by atoms with Crippen LogP contribution < -0.4 is 9.64 Å². The Hall–Kier alpha value is -2.83. The lowest BCUT2D eigenvalue weighted by Gasteiger charge is -2.50. The number of carbonyl (C=O) groups is 2. The Morgan fingerprint density at radius 2 is 2.09 bits per heavy atom. The molecule has 0 bridgehead atoms. The number of β-lactam (4-membered cyclic amide) rings is 1. The van der Waals surface area contributed by atoms with E-state index in [-0.39, 0.29) is 12.3 Å². The average molecular weight is 315 g/mol. The fourth-order valence-electron chi connectivity index (χ4n) is 2.81. The van der Waals surface area contributed by atoms with Gasteiger partial charge in [0, 0.05) is 25.0 Å². The van der Waals surface area contributed by atoms with Gasteiger partial charge in [0.05, 0.1) is 26.4 Å². The van der Waals surface area contributed by atoms with Crippen molar-refractivity contribution in [2.24, 2.45) is 0 Å². The number of carbonyl (C=O) groups excluding carboxylic acids is 2. The highest BCUT2D eigenvalue weighted by molar-refractivity contribution is 6.02. The fourth-order valence-corrected chi connectivity index (χ4v) is 2.81. The maximum Gasteiger partial charge on any atom is 0.304 e. The minimum Gasteiger partial charge on any atom is -0.497 e. The lowest BCUT2D eigenvalue weighted by atomic mass is 9.94.